The number of carbonyl (C=O) groups excluding carboxylic acids is 1. The normalized spacial score (nSPS) is 21.9. The lowest BCUT2D eigenvalue weighted by Crippen LogP contribution is -2.56. The van der Waals surface area contributed by atoms with E-state index in [1.165, 1.54) is 6.07 Å². The molecule has 2 atom stereocenters. The molecule has 4 rings (SSSR count). The number of hydrazone groups is 1. The second-order valence-corrected chi connectivity index (χ2v) is 8.53. The molecule has 3 N–H and O–H groups in total. The number of anilines is 1. The summed E-state index contributed by atoms with van der Waals surface area (Å²) in [5.41, 5.74) is 2.14. The average molecular weight is 496 g/mol. The number of carbonyl (C=O) groups is 2. The van der Waals surface area contributed by atoms with Crippen LogP contribution in [0.15, 0.2) is 17.2 Å². The summed E-state index contributed by atoms with van der Waals surface area (Å²) in [5, 5.41) is 14.3. The van der Waals surface area contributed by atoms with Crippen molar-refractivity contribution in [3.63, 3.8) is 0 Å². The first-order valence-electron chi connectivity index (χ1n) is 10.1. The molecule has 1 amide bonds. The summed E-state index contributed by atoms with van der Waals surface area (Å²) in [5.74, 6) is -2.79. The molecule has 1 aromatic carbocycles. The lowest BCUT2D eigenvalue weighted by atomic mass is 9.69. The van der Waals surface area contributed by atoms with Crippen molar-refractivity contribution in [3.8, 4) is 5.75 Å². The lowest BCUT2D eigenvalue weighted by molar-refractivity contribution is -0.192. The van der Waals surface area contributed by atoms with E-state index >= 15 is 0 Å². The molecule has 188 valence electrons. The van der Waals surface area contributed by atoms with Gasteiger partial charge in [-0.25, -0.2) is 10.2 Å². The number of rotatable bonds is 2. The Bertz CT molecular complexity index is 1020. The maximum absolute atomic E-state index is 13.8. The molecule has 8 nitrogen and oxygen atoms in total. The van der Waals surface area contributed by atoms with Crippen molar-refractivity contribution >= 4 is 23.4 Å². The van der Waals surface area contributed by atoms with Crippen LogP contribution in [-0.2, 0) is 15.8 Å². The monoisotopic (exact) mass is 496 g/mol. The molecule has 0 aromatic heterocycles. The van der Waals surface area contributed by atoms with Crippen LogP contribution >= 0.6 is 0 Å². The SMILES string of the molecule is C[C@@H]1C(=O)NN=C2COc3cc(C(F)(F)F)c([C@H](C)C4(C)CNC4)cc3N21.O=C(O)C(F)(F)F. The van der Waals surface area contributed by atoms with Gasteiger partial charge in [-0.15, -0.1) is 0 Å². The molecule has 0 unspecified atom stereocenters. The summed E-state index contributed by atoms with van der Waals surface area (Å²) in [7, 11) is 0. The van der Waals surface area contributed by atoms with Gasteiger partial charge in [0.1, 0.15) is 18.4 Å². The third kappa shape index (κ3) is 4.76. The van der Waals surface area contributed by atoms with E-state index in [-0.39, 0.29) is 35.2 Å². The van der Waals surface area contributed by atoms with Gasteiger partial charge in [0.25, 0.3) is 5.91 Å². The second-order valence-electron chi connectivity index (χ2n) is 8.53. The van der Waals surface area contributed by atoms with E-state index < -0.39 is 29.9 Å². The number of benzene rings is 1. The van der Waals surface area contributed by atoms with Crippen molar-refractivity contribution in [3.05, 3.63) is 23.3 Å². The van der Waals surface area contributed by atoms with Gasteiger partial charge in [-0.2, -0.15) is 31.4 Å². The zero-order valence-electron chi connectivity index (χ0n) is 18.3. The summed E-state index contributed by atoms with van der Waals surface area (Å²) in [6, 6.07) is 2.00. The average Bonchev–Trinajstić information content (AvgIpc) is 2.71. The standard InChI is InChI=1S/C18H21F3N4O2.C2HF3O2/c1-9(17(3)7-22-8-17)11-4-13-14(5-12(11)18(19,20)21)27-6-15-23-24-16(26)10(2)25(13)15;3-2(4,5)1(6)7/h4-5,9-10,22H,6-8H2,1-3H3,(H,24,26);(H,6,7)/t9-,10+;/m0./s1. The molecule has 0 saturated carbocycles. The van der Waals surface area contributed by atoms with E-state index in [0.717, 1.165) is 6.07 Å². The molecule has 0 aliphatic carbocycles. The van der Waals surface area contributed by atoms with Crippen molar-refractivity contribution in [1.29, 1.82) is 0 Å². The Morgan fingerprint density at radius 2 is 1.85 bits per heavy atom. The molecule has 34 heavy (non-hydrogen) atoms. The maximum Gasteiger partial charge on any atom is 0.490 e. The molecule has 1 fully saturated rings. The highest BCUT2D eigenvalue weighted by Crippen LogP contribution is 2.48. The summed E-state index contributed by atoms with van der Waals surface area (Å²) >= 11 is 0. The van der Waals surface area contributed by atoms with Crippen LogP contribution in [0.4, 0.5) is 32.0 Å². The largest absolute Gasteiger partial charge is 0.490 e. The highest BCUT2D eigenvalue weighted by molar-refractivity contribution is 6.09. The van der Waals surface area contributed by atoms with Crippen LogP contribution in [0, 0.1) is 5.41 Å². The van der Waals surface area contributed by atoms with Crippen LogP contribution in [0.25, 0.3) is 0 Å². The van der Waals surface area contributed by atoms with Crippen LogP contribution in [0.1, 0.15) is 37.8 Å². The van der Waals surface area contributed by atoms with E-state index in [2.05, 4.69) is 15.8 Å². The number of nitrogens with zero attached hydrogens (tertiary/aromatic N) is 2. The van der Waals surface area contributed by atoms with Gasteiger partial charge in [-0.1, -0.05) is 13.8 Å². The molecule has 3 aliphatic heterocycles. The Balaban J connectivity index is 0.000000406. The molecule has 0 spiro atoms. The highest BCUT2D eigenvalue weighted by Gasteiger charge is 2.45. The number of aliphatic carboxylic acids is 1. The smallest absolute Gasteiger partial charge is 0.483 e. The summed E-state index contributed by atoms with van der Waals surface area (Å²) < 4.78 is 78.6. The molecule has 1 saturated heterocycles. The van der Waals surface area contributed by atoms with E-state index in [1.54, 1.807) is 11.8 Å². The van der Waals surface area contributed by atoms with Gasteiger partial charge < -0.3 is 20.1 Å². The Kier molecular flexibility index (Phi) is 6.50. The first-order chi connectivity index (χ1) is 15.6. The molecule has 1 aromatic rings. The third-order valence-electron chi connectivity index (χ3n) is 6.20. The Labute approximate surface area is 189 Å². The molecule has 0 radical (unpaired) electrons. The fourth-order valence-electron chi connectivity index (χ4n) is 3.89. The van der Waals surface area contributed by atoms with Crippen molar-refractivity contribution in [1.82, 2.24) is 10.7 Å². The lowest BCUT2D eigenvalue weighted by Gasteiger charge is -2.46. The van der Waals surface area contributed by atoms with Gasteiger partial charge in [0.15, 0.2) is 5.84 Å². The van der Waals surface area contributed by atoms with Gasteiger partial charge in [0, 0.05) is 13.1 Å². The van der Waals surface area contributed by atoms with E-state index in [0.29, 0.717) is 24.6 Å². The zero-order valence-corrected chi connectivity index (χ0v) is 18.3. The van der Waals surface area contributed by atoms with E-state index in [9.17, 15) is 31.1 Å². The predicted molar refractivity (Wildman–Crippen MR) is 108 cm³/mol. The molecular formula is C20H22F6N4O4. The van der Waals surface area contributed by atoms with Crippen LogP contribution in [-0.4, -0.2) is 54.7 Å². The summed E-state index contributed by atoms with van der Waals surface area (Å²) in [4.78, 5) is 22.6. The number of carboxylic acids is 1. The zero-order chi connectivity index (χ0) is 25.6. The minimum atomic E-state index is -5.08. The van der Waals surface area contributed by atoms with Crippen molar-refractivity contribution in [2.75, 3.05) is 24.6 Å². The van der Waals surface area contributed by atoms with Crippen molar-refractivity contribution in [2.24, 2.45) is 10.5 Å². The number of nitrogens with one attached hydrogen (secondary N) is 2. The van der Waals surface area contributed by atoms with Crippen LogP contribution in [0.3, 0.4) is 0 Å². The number of amides is 1. The predicted octanol–water partition coefficient (Wildman–Crippen LogP) is 3.08. The molecule has 14 heteroatoms. The number of halogens is 6. The van der Waals surface area contributed by atoms with E-state index in [1.807, 2.05) is 13.8 Å². The molecule has 0 bridgehead atoms. The van der Waals surface area contributed by atoms with E-state index in [4.69, 9.17) is 14.6 Å². The van der Waals surface area contributed by atoms with Crippen LogP contribution in [0.2, 0.25) is 0 Å². The Hall–Kier alpha value is -3.03. The van der Waals surface area contributed by atoms with Gasteiger partial charge in [0.05, 0.1) is 11.3 Å². The number of hydrogen-bond acceptors (Lipinski definition) is 6. The molecule has 3 aliphatic rings. The summed E-state index contributed by atoms with van der Waals surface area (Å²) in [6.45, 7) is 6.82. The fraction of sp³-hybridized carbons (Fsp3) is 0.550. The number of ether oxygens (including phenoxy) is 1. The number of amidine groups is 1. The minimum Gasteiger partial charge on any atom is -0.483 e. The first-order valence-corrected chi connectivity index (χ1v) is 10.1. The molecule has 3 heterocycles. The van der Waals surface area contributed by atoms with Crippen molar-refractivity contribution < 1.29 is 45.8 Å². The van der Waals surface area contributed by atoms with Crippen molar-refractivity contribution in [2.45, 2.75) is 45.1 Å². The van der Waals surface area contributed by atoms with Gasteiger partial charge in [-0.05, 0) is 36.0 Å². The Morgan fingerprint density at radius 1 is 1.26 bits per heavy atom. The number of hydrogen-bond donors (Lipinski definition) is 3. The maximum atomic E-state index is 13.8. The minimum absolute atomic E-state index is 0.00541. The topological polar surface area (TPSA) is 103 Å². The third-order valence-corrected chi connectivity index (χ3v) is 6.20. The quantitative estimate of drug-likeness (QED) is 0.544. The number of fused-ring (bicyclic) bond motifs is 3. The second kappa shape index (κ2) is 8.64. The van der Waals surface area contributed by atoms with Gasteiger partial charge >= 0.3 is 18.3 Å². The first kappa shape index (κ1) is 25.6. The van der Waals surface area contributed by atoms with Crippen LogP contribution < -0.4 is 20.4 Å². The highest BCUT2D eigenvalue weighted by atomic mass is 19.4. The molecular weight excluding hydrogens is 474 g/mol. The van der Waals surface area contributed by atoms with Gasteiger partial charge in [0.2, 0.25) is 0 Å². The fourth-order valence-corrected chi connectivity index (χ4v) is 3.89. The van der Waals surface area contributed by atoms with Gasteiger partial charge in [-0.3, -0.25) is 4.79 Å². The van der Waals surface area contributed by atoms with Crippen LogP contribution in [0.5, 0.6) is 5.75 Å². The number of alkyl halides is 6. The Morgan fingerprint density at radius 3 is 2.32 bits per heavy atom. The summed E-state index contributed by atoms with van der Waals surface area (Å²) in [6.07, 6.45) is -9.57. The number of carboxylic acid groups (broad SMARTS) is 1.